The lowest BCUT2D eigenvalue weighted by molar-refractivity contribution is 0.0715. The van der Waals surface area contributed by atoms with Gasteiger partial charge in [0.15, 0.2) is 0 Å². The molecule has 1 aliphatic carbocycles. The van der Waals surface area contributed by atoms with E-state index in [0.717, 1.165) is 18.0 Å². The van der Waals surface area contributed by atoms with Crippen molar-refractivity contribution in [1.82, 2.24) is 10.2 Å². The van der Waals surface area contributed by atoms with Crippen molar-refractivity contribution in [3.8, 4) is 0 Å². The van der Waals surface area contributed by atoms with Crippen LogP contribution in [0.25, 0.3) is 0 Å². The van der Waals surface area contributed by atoms with E-state index in [1.165, 1.54) is 51.7 Å². The quantitative estimate of drug-likeness (QED) is 0.653. The Kier molecular flexibility index (Phi) is 2.06. The number of nitrogens with one attached hydrogen (secondary N) is 1. The van der Waals surface area contributed by atoms with Crippen molar-refractivity contribution in [2.24, 2.45) is 5.92 Å². The van der Waals surface area contributed by atoms with Crippen LogP contribution in [0.5, 0.6) is 0 Å². The number of likely N-dealkylation sites (tertiary alicyclic amines) is 1. The molecule has 0 aromatic carbocycles. The maximum absolute atomic E-state index is 3.63. The van der Waals surface area contributed by atoms with E-state index in [9.17, 15) is 0 Å². The molecule has 0 spiro atoms. The summed E-state index contributed by atoms with van der Waals surface area (Å²) in [5, 5.41) is 3.63. The minimum Gasteiger partial charge on any atom is -0.314 e. The van der Waals surface area contributed by atoms with Crippen LogP contribution in [0.3, 0.4) is 0 Å². The molecular weight excluding hydrogens is 160 g/mol. The van der Waals surface area contributed by atoms with Crippen molar-refractivity contribution >= 4 is 0 Å². The molecule has 1 N–H and O–H groups in total. The maximum atomic E-state index is 3.63. The van der Waals surface area contributed by atoms with Crippen LogP contribution < -0.4 is 5.32 Å². The molecule has 0 aromatic heterocycles. The fourth-order valence-electron chi connectivity index (χ4n) is 3.16. The molecule has 2 heteroatoms. The average Bonchev–Trinajstić information content (AvgIpc) is 2.47. The molecule has 13 heavy (non-hydrogen) atoms. The monoisotopic (exact) mass is 180 g/mol. The van der Waals surface area contributed by atoms with E-state index in [0.29, 0.717) is 0 Å². The Bertz CT molecular complexity index is 189. The molecule has 0 aromatic rings. The van der Waals surface area contributed by atoms with E-state index in [2.05, 4.69) is 10.2 Å². The van der Waals surface area contributed by atoms with Crippen LogP contribution in [0.2, 0.25) is 0 Å². The lowest BCUT2D eigenvalue weighted by Gasteiger charge is -2.43. The summed E-state index contributed by atoms with van der Waals surface area (Å²) in [5.41, 5.74) is 0. The summed E-state index contributed by atoms with van der Waals surface area (Å²) in [6.07, 6.45) is 7.26. The molecule has 74 valence electrons. The van der Waals surface area contributed by atoms with Gasteiger partial charge >= 0.3 is 0 Å². The number of rotatable bonds is 1. The van der Waals surface area contributed by atoms with Crippen LogP contribution in [0, 0.1) is 5.92 Å². The number of fused-ring (bicyclic) bond motifs is 1. The van der Waals surface area contributed by atoms with Crippen molar-refractivity contribution in [1.29, 1.82) is 0 Å². The summed E-state index contributed by atoms with van der Waals surface area (Å²) in [6, 6.07) is 1.85. The van der Waals surface area contributed by atoms with E-state index >= 15 is 0 Å². The number of piperidine rings is 1. The van der Waals surface area contributed by atoms with Gasteiger partial charge in [0, 0.05) is 18.6 Å². The molecule has 3 rings (SSSR count). The highest BCUT2D eigenvalue weighted by Gasteiger charge is 2.36. The number of hydrogen-bond acceptors (Lipinski definition) is 2. The molecule has 2 aliphatic heterocycles. The minimum atomic E-state index is 0.872. The predicted octanol–water partition coefficient (Wildman–Crippen LogP) is 1.22. The largest absolute Gasteiger partial charge is 0.314 e. The Balaban J connectivity index is 1.60. The third-order valence-corrected chi connectivity index (χ3v) is 4.28. The van der Waals surface area contributed by atoms with Crippen molar-refractivity contribution in [2.45, 2.75) is 44.2 Å². The van der Waals surface area contributed by atoms with Gasteiger partial charge in [-0.25, -0.2) is 0 Å². The van der Waals surface area contributed by atoms with Gasteiger partial charge in [-0.05, 0) is 44.7 Å². The van der Waals surface area contributed by atoms with Crippen LogP contribution >= 0.6 is 0 Å². The fourth-order valence-corrected chi connectivity index (χ4v) is 3.16. The summed E-state index contributed by atoms with van der Waals surface area (Å²) in [5.74, 6) is 0.981. The van der Waals surface area contributed by atoms with E-state index in [1.54, 1.807) is 0 Å². The molecule has 1 saturated carbocycles. The first-order valence-corrected chi connectivity index (χ1v) is 5.91. The molecule has 0 bridgehead atoms. The highest BCUT2D eigenvalue weighted by Crippen LogP contribution is 2.31. The van der Waals surface area contributed by atoms with Crippen LogP contribution in [0.4, 0.5) is 0 Å². The van der Waals surface area contributed by atoms with Gasteiger partial charge in [0.05, 0.1) is 0 Å². The zero-order chi connectivity index (χ0) is 8.67. The van der Waals surface area contributed by atoms with Crippen molar-refractivity contribution in [3.05, 3.63) is 0 Å². The van der Waals surface area contributed by atoms with E-state index in [4.69, 9.17) is 0 Å². The first kappa shape index (κ1) is 8.25. The average molecular weight is 180 g/mol. The second-order valence-electron chi connectivity index (χ2n) is 4.98. The highest BCUT2D eigenvalue weighted by atomic mass is 15.2. The Labute approximate surface area is 80.7 Å². The zero-order valence-electron chi connectivity index (χ0n) is 8.34. The first-order valence-electron chi connectivity index (χ1n) is 5.91. The third kappa shape index (κ3) is 1.40. The van der Waals surface area contributed by atoms with Crippen molar-refractivity contribution in [3.63, 3.8) is 0 Å². The van der Waals surface area contributed by atoms with Gasteiger partial charge in [0.2, 0.25) is 0 Å². The van der Waals surface area contributed by atoms with Crippen molar-refractivity contribution in [2.75, 3.05) is 19.6 Å². The van der Waals surface area contributed by atoms with Gasteiger partial charge in [-0.2, -0.15) is 0 Å². The van der Waals surface area contributed by atoms with Gasteiger partial charge in [-0.3, -0.25) is 4.90 Å². The lowest BCUT2D eigenvalue weighted by Crippen LogP contribution is -2.50. The van der Waals surface area contributed by atoms with Gasteiger partial charge in [-0.15, -0.1) is 0 Å². The predicted molar refractivity (Wildman–Crippen MR) is 53.7 cm³/mol. The Morgan fingerprint density at radius 3 is 2.77 bits per heavy atom. The number of nitrogens with zero attached hydrogens (tertiary/aromatic N) is 1. The highest BCUT2D eigenvalue weighted by molar-refractivity contribution is 4.93. The molecule has 2 atom stereocenters. The van der Waals surface area contributed by atoms with Gasteiger partial charge in [0.25, 0.3) is 0 Å². The molecule has 3 aliphatic rings. The van der Waals surface area contributed by atoms with E-state index in [1.807, 2.05) is 0 Å². The summed E-state index contributed by atoms with van der Waals surface area (Å²) in [4.78, 5) is 2.76. The Morgan fingerprint density at radius 2 is 2.00 bits per heavy atom. The van der Waals surface area contributed by atoms with Crippen LogP contribution in [0.15, 0.2) is 0 Å². The van der Waals surface area contributed by atoms with Gasteiger partial charge in [0.1, 0.15) is 0 Å². The Morgan fingerprint density at radius 1 is 1.08 bits per heavy atom. The SMILES string of the molecule is C1CC(N2CCC3NCCC3C2)C1. The zero-order valence-corrected chi connectivity index (χ0v) is 8.34. The van der Waals surface area contributed by atoms with Crippen molar-refractivity contribution < 1.29 is 0 Å². The van der Waals surface area contributed by atoms with Crippen LogP contribution in [-0.2, 0) is 0 Å². The summed E-state index contributed by atoms with van der Waals surface area (Å²) in [7, 11) is 0. The molecule has 0 amide bonds. The summed E-state index contributed by atoms with van der Waals surface area (Å²) >= 11 is 0. The van der Waals surface area contributed by atoms with Crippen LogP contribution in [-0.4, -0.2) is 36.6 Å². The number of hydrogen-bond donors (Lipinski definition) is 1. The molecule has 2 heterocycles. The molecule has 0 radical (unpaired) electrons. The molecule has 3 fully saturated rings. The normalized spacial score (nSPS) is 41.5. The standard InChI is InChI=1S/C11H20N2/c1-2-10(3-1)13-7-5-11-9(8-13)4-6-12-11/h9-12H,1-8H2. The molecule has 2 unspecified atom stereocenters. The first-order chi connectivity index (χ1) is 6.43. The molecule has 2 saturated heterocycles. The second kappa shape index (κ2) is 3.25. The van der Waals surface area contributed by atoms with Gasteiger partial charge in [-0.1, -0.05) is 6.42 Å². The molecular formula is C11H20N2. The molecule has 2 nitrogen and oxygen atoms in total. The fraction of sp³-hybridized carbons (Fsp3) is 1.00. The van der Waals surface area contributed by atoms with Gasteiger partial charge < -0.3 is 5.32 Å². The minimum absolute atomic E-state index is 0.872. The summed E-state index contributed by atoms with van der Waals surface area (Å²) in [6.45, 7) is 4.02. The lowest BCUT2D eigenvalue weighted by atomic mass is 9.86. The topological polar surface area (TPSA) is 15.3 Å². The van der Waals surface area contributed by atoms with E-state index in [-0.39, 0.29) is 0 Å². The second-order valence-corrected chi connectivity index (χ2v) is 4.98. The smallest absolute Gasteiger partial charge is 0.0120 e. The van der Waals surface area contributed by atoms with Crippen LogP contribution in [0.1, 0.15) is 32.1 Å². The maximum Gasteiger partial charge on any atom is 0.0120 e. The summed E-state index contributed by atoms with van der Waals surface area (Å²) < 4.78 is 0. The third-order valence-electron chi connectivity index (χ3n) is 4.28. The van der Waals surface area contributed by atoms with E-state index < -0.39 is 0 Å². The Hall–Kier alpha value is -0.0800.